The van der Waals surface area contributed by atoms with Gasteiger partial charge in [-0.15, -0.1) is 0 Å². The standard InChI is InChI=1S/C27H47N/c1-4-6-8-9-11-13-25-18-21-27(28-22-25)26-19-16-24(17-20-26)15-14-23(3)12-10-7-5-2/h18,21-24,26H,4-17,19-20H2,1-3H3. The predicted octanol–water partition coefficient (Wildman–Crippen LogP) is 8.86. The second kappa shape index (κ2) is 14.2. The smallest absolute Gasteiger partial charge is 0.0434 e. The van der Waals surface area contributed by atoms with E-state index in [2.05, 4.69) is 39.1 Å². The minimum atomic E-state index is 0.719. The topological polar surface area (TPSA) is 12.9 Å². The molecular formula is C27H47N. The van der Waals surface area contributed by atoms with Crippen LogP contribution in [0.25, 0.3) is 0 Å². The number of unbranched alkanes of at least 4 members (excludes halogenated alkanes) is 6. The Morgan fingerprint density at radius 2 is 1.57 bits per heavy atom. The molecule has 28 heavy (non-hydrogen) atoms. The summed E-state index contributed by atoms with van der Waals surface area (Å²) in [5.74, 6) is 2.63. The monoisotopic (exact) mass is 385 g/mol. The number of pyridine rings is 1. The highest BCUT2D eigenvalue weighted by atomic mass is 14.7. The summed E-state index contributed by atoms with van der Waals surface area (Å²) in [6.07, 6.45) is 24.3. The summed E-state index contributed by atoms with van der Waals surface area (Å²) in [7, 11) is 0. The van der Waals surface area contributed by atoms with Gasteiger partial charge in [-0.2, -0.15) is 0 Å². The number of aryl methyl sites for hydroxylation is 1. The van der Waals surface area contributed by atoms with Crippen molar-refractivity contribution in [2.24, 2.45) is 11.8 Å². The van der Waals surface area contributed by atoms with E-state index in [-0.39, 0.29) is 0 Å². The summed E-state index contributed by atoms with van der Waals surface area (Å²) in [6.45, 7) is 7.06. The lowest BCUT2D eigenvalue weighted by Crippen LogP contribution is -2.15. The van der Waals surface area contributed by atoms with Gasteiger partial charge in [-0.3, -0.25) is 4.98 Å². The molecule has 1 heterocycles. The molecule has 1 saturated carbocycles. The quantitative estimate of drug-likeness (QED) is 0.291. The van der Waals surface area contributed by atoms with Crippen molar-refractivity contribution in [3.63, 3.8) is 0 Å². The average Bonchev–Trinajstić information content (AvgIpc) is 2.73. The summed E-state index contributed by atoms with van der Waals surface area (Å²) >= 11 is 0. The Hall–Kier alpha value is -0.850. The second-order valence-electron chi connectivity index (χ2n) is 9.65. The van der Waals surface area contributed by atoms with Crippen molar-refractivity contribution < 1.29 is 0 Å². The Labute approximate surface area is 176 Å². The maximum absolute atomic E-state index is 4.86. The van der Waals surface area contributed by atoms with E-state index in [1.54, 1.807) is 0 Å². The highest BCUT2D eigenvalue weighted by Gasteiger charge is 2.23. The largest absolute Gasteiger partial charge is 0.261 e. The highest BCUT2D eigenvalue weighted by Crippen LogP contribution is 2.37. The number of rotatable bonds is 14. The van der Waals surface area contributed by atoms with Crippen LogP contribution in [-0.4, -0.2) is 4.98 Å². The van der Waals surface area contributed by atoms with Gasteiger partial charge in [-0.25, -0.2) is 0 Å². The molecule has 0 aliphatic heterocycles. The molecule has 1 aliphatic carbocycles. The van der Waals surface area contributed by atoms with E-state index in [0.717, 1.165) is 17.8 Å². The third-order valence-electron chi connectivity index (χ3n) is 7.05. The molecule has 1 atom stereocenters. The van der Waals surface area contributed by atoms with Crippen molar-refractivity contribution in [3.8, 4) is 0 Å². The molecule has 160 valence electrons. The van der Waals surface area contributed by atoms with Gasteiger partial charge in [-0.1, -0.05) is 91.0 Å². The molecule has 0 radical (unpaired) electrons. The summed E-state index contributed by atoms with van der Waals surface area (Å²) in [4.78, 5) is 4.86. The van der Waals surface area contributed by atoms with Crippen molar-refractivity contribution in [3.05, 3.63) is 29.6 Å². The van der Waals surface area contributed by atoms with E-state index in [9.17, 15) is 0 Å². The minimum absolute atomic E-state index is 0.719. The van der Waals surface area contributed by atoms with Crippen LogP contribution >= 0.6 is 0 Å². The maximum atomic E-state index is 4.86. The molecule has 0 N–H and O–H groups in total. The Morgan fingerprint density at radius 3 is 2.25 bits per heavy atom. The molecule has 1 heteroatoms. The van der Waals surface area contributed by atoms with Crippen molar-refractivity contribution in [1.82, 2.24) is 4.98 Å². The molecule has 1 nitrogen and oxygen atoms in total. The predicted molar refractivity (Wildman–Crippen MR) is 124 cm³/mol. The summed E-state index contributed by atoms with van der Waals surface area (Å²) in [6, 6.07) is 4.69. The molecule has 0 bridgehead atoms. The molecule has 1 fully saturated rings. The van der Waals surface area contributed by atoms with Crippen LogP contribution in [0.5, 0.6) is 0 Å². The lowest BCUT2D eigenvalue weighted by Gasteiger charge is -2.29. The van der Waals surface area contributed by atoms with Crippen LogP contribution < -0.4 is 0 Å². The van der Waals surface area contributed by atoms with E-state index in [1.165, 1.54) is 114 Å². The van der Waals surface area contributed by atoms with Gasteiger partial charge in [0.25, 0.3) is 0 Å². The summed E-state index contributed by atoms with van der Waals surface area (Å²) in [5, 5.41) is 0. The number of hydrogen-bond donors (Lipinski definition) is 0. The van der Waals surface area contributed by atoms with Gasteiger partial charge in [0, 0.05) is 17.8 Å². The molecule has 1 aliphatic rings. The van der Waals surface area contributed by atoms with Gasteiger partial charge in [0.1, 0.15) is 0 Å². The van der Waals surface area contributed by atoms with E-state index in [1.807, 2.05) is 0 Å². The molecule has 1 unspecified atom stereocenters. The van der Waals surface area contributed by atoms with Crippen LogP contribution in [0, 0.1) is 11.8 Å². The number of nitrogens with zero attached hydrogens (tertiary/aromatic N) is 1. The van der Waals surface area contributed by atoms with Crippen LogP contribution in [0.4, 0.5) is 0 Å². The average molecular weight is 386 g/mol. The molecule has 2 rings (SSSR count). The number of aromatic nitrogens is 1. The third-order valence-corrected chi connectivity index (χ3v) is 7.05. The third kappa shape index (κ3) is 9.10. The first kappa shape index (κ1) is 23.4. The fourth-order valence-corrected chi connectivity index (χ4v) is 4.91. The minimum Gasteiger partial charge on any atom is -0.261 e. The van der Waals surface area contributed by atoms with E-state index in [0.29, 0.717) is 0 Å². The SMILES string of the molecule is CCCCCCCc1ccc(C2CCC(CCC(C)CCCCC)CC2)nc1. The van der Waals surface area contributed by atoms with Crippen LogP contribution in [0.2, 0.25) is 0 Å². The molecule has 0 aromatic carbocycles. The number of hydrogen-bond acceptors (Lipinski definition) is 1. The zero-order chi connectivity index (χ0) is 20.0. The summed E-state index contributed by atoms with van der Waals surface area (Å²) < 4.78 is 0. The van der Waals surface area contributed by atoms with E-state index >= 15 is 0 Å². The van der Waals surface area contributed by atoms with E-state index < -0.39 is 0 Å². The Morgan fingerprint density at radius 1 is 0.857 bits per heavy atom. The van der Waals surface area contributed by atoms with Crippen molar-refractivity contribution in [2.45, 2.75) is 129 Å². The molecular weight excluding hydrogens is 338 g/mol. The van der Waals surface area contributed by atoms with Crippen LogP contribution in [0.15, 0.2) is 18.3 Å². The van der Waals surface area contributed by atoms with Gasteiger partial charge in [0.2, 0.25) is 0 Å². The second-order valence-corrected chi connectivity index (χ2v) is 9.65. The maximum Gasteiger partial charge on any atom is 0.0434 e. The fourth-order valence-electron chi connectivity index (χ4n) is 4.91. The first-order valence-corrected chi connectivity index (χ1v) is 12.7. The van der Waals surface area contributed by atoms with Crippen molar-refractivity contribution in [1.29, 1.82) is 0 Å². The van der Waals surface area contributed by atoms with Crippen molar-refractivity contribution in [2.75, 3.05) is 0 Å². The molecule has 0 saturated heterocycles. The van der Waals surface area contributed by atoms with E-state index in [4.69, 9.17) is 4.98 Å². The summed E-state index contributed by atoms with van der Waals surface area (Å²) in [5.41, 5.74) is 2.80. The Bertz CT molecular complexity index is 483. The van der Waals surface area contributed by atoms with Crippen LogP contribution in [0.1, 0.15) is 134 Å². The Balaban J connectivity index is 1.63. The van der Waals surface area contributed by atoms with Gasteiger partial charge in [0.15, 0.2) is 0 Å². The lowest BCUT2D eigenvalue weighted by atomic mass is 9.77. The van der Waals surface area contributed by atoms with Gasteiger partial charge in [-0.05, 0) is 62.0 Å². The van der Waals surface area contributed by atoms with Crippen LogP contribution in [-0.2, 0) is 6.42 Å². The molecule has 0 amide bonds. The highest BCUT2D eigenvalue weighted by molar-refractivity contribution is 5.17. The normalized spacial score (nSPS) is 21.0. The first-order chi connectivity index (χ1) is 13.7. The first-order valence-electron chi connectivity index (χ1n) is 12.7. The Kier molecular flexibility index (Phi) is 11.9. The van der Waals surface area contributed by atoms with Gasteiger partial charge >= 0.3 is 0 Å². The van der Waals surface area contributed by atoms with Gasteiger partial charge in [0.05, 0.1) is 0 Å². The molecule has 1 aromatic heterocycles. The fraction of sp³-hybridized carbons (Fsp3) is 0.815. The lowest BCUT2D eigenvalue weighted by molar-refractivity contribution is 0.283. The van der Waals surface area contributed by atoms with Crippen molar-refractivity contribution >= 4 is 0 Å². The zero-order valence-electron chi connectivity index (χ0n) is 19.2. The zero-order valence-corrected chi connectivity index (χ0v) is 19.2. The molecule has 0 spiro atoms. The molecule has 1 aromatic rings. The van der Waals surface area contributed by atoms with Crippen LogP contribution in [0.3, 0.4) is 0 Å². The van der Waals surface area contributed by atoms with Gasteiger partial charge < -0.3 is 0 Å².